The Kier molecular flexibility index (Phi) is 4.88. The number of sulfonamides is 1. The van der Waals surface area contributed by atoms with E-state index < -0.39 is 10.0 Å². The molecule has 0 amide bonds. The Morgan fingerprint density at radius 2 is 2.00 bits per heavy atom. The average Bonchev–Trinajstić information content (AvgIpc) is 2.95. The number of anilines is 2. The van der Waals surface area contributed by atoms with E-state index in [9.17, 15) is 8.42 Å². The monoisotopic (exact) mass is 314 g/mol. The van der Waals surface area contributed by atoms with Crippen molar-refractivity contribution in [3.63, 3.8) is 0 Å². The molecule has 7 nitrogen and oxygen atoms in total. The van der Waals surface area contributed by atoms with Gasteiger partial charge >= 0.3 is 0 Å². The van der Waals surface area contributed by atoms with Gasteiger partial charge in [-0.25, -0.2) is 8.42 Å². The van der Waals surface area contributed by atoms with Crippen LogP contribution < -0.4 is 10.0 Å². The molecule has 0 spiro atoms. The highest BCUT2D eigenvalue weighted by Crippen LogP contribution is 2.19. The Labute approximate surface area is 121 Å². The third kappa shape index (κ3) is 3.89. The topological polar surface area (TPSA) is 93.2 Å². The van der Waals surface area contributed by atoms with E-state index in [-0.39, 0.29) is 10.0 Å². The van der Waals surface area contributed by atoms with E-state index in [2.05, 4.69) is 20.2 Å². The third-order valence-electron chi connectivity index (χ3n) is 2.28. The van der Waals surface area contributed by atoms with Crippen LogP contribution in [0, 0.1) is 0 Å². The standard InChI is InChI=1S/C11H14N4O3S2/c1-18-7-6-12-9-4-5-10(14-13-9)15-20(16,17)11-3-2-8-19-11/h2-5,8H,6-7H2,1H3,(H,12,13)(H,14,15). The quantitative estimate of drug-likeness (QED) is 0.750. The molecule has 2 rings (SSSR count). The molecule has 20 heavy (non-hydrogen) atoms. The lowest BCUT2D eigenvalue weighted by Gasteiger charge is -2.06. The second kappa shape index (κ2) is 6.64. The molecule has 0 atom stereocenters. The van der Waals surface area contributed by atoms with Crippen LogP contribution in [0.25, 0.3) is 0 Å². The number of aromatic nitrogens is 2. The van der Waals surface area contributed by atoms with Gasteiger partial charge in [-0.05, 0) is 23.6 Å². The molecule has 0 aliphatic heterocycles. The first-order valence-corrected chi connectivity index (χ1v) is 8.11. The lowest BCUT2D eigenvalue weighted by molar-refractivity contribution is 0.210. The van der Waals surface area contributed by atoms with Crippen LogP contribution in [0.15, 0.2) is 33.9 Å². The largest absolute Gasteiger partial charge is 0.383 e. The minimum absolute atomic E-state index is 0.177. The van der Waals surface area contributed by atoms with Gasteiger partial charge in [0, 0.05) is 13.7 Å². The zero-order valence-corrected chi connectivity index (χ0v) is 12.4. The molecule has 0 saturated carbocycles. The van der Waals surface area contributed by atoms with Gasteiger partial charge in [-0.3, -0.25) is 4.72 Å². The van der Waals surface area contributed by atoms with E-state index in [1.54, 1.807) is 30.7 Å². The summed E-state index contributed by atoms with van der Waals surface area (Å²) in [6.07, 6.45) is 0. The molecule has 0 aliphatic carbocycles. The van der Waals surface area contributed by atoms with Gasteiger partial charge in [0.2, 0.25) is 0 Å². The summed E-state index contributed by atoms with van der Waals surface area (Å²) < 4.78 is 31.4. The predicted molar refractivity (Wildman–Crippen MR) is 77.5 cm³/mol. The van der Waals surface area contributed by atoms with Gasteiger partial charge in [0.1, 0.15) is 10.0 Å². The van der Waals surface area contributed by atoms with Crippen molar-refractivity contribution in [2.75, 3.05) is 30.3 Å². The summed E-state index contributed by atoms with van der Waals surface area (Å²) in [5, 5.41) is 12.4. The van der Waals surface area contributed by atoms with Gasteiger partial charge < -0.3 is 10.1 Å². The second-order valence-electron chi connectivity index (χ2n) is 3.76. The molecule has 0 aliphatic rings. The molecule has 108 valence electrons. The van der Waals surface area contributed by atoms with Crippen LogP contribution in [-0.2, 0) is 14.8 Å². The number of nitrogens with one attached hydrogen (secondary N) is 2. The Balaban J connectivity index is 2.00. The zero-order valence-electron chi connectivity index (χ0n) is 10.7. The summed E-state index contributed by atoms with van der Waals surface area (Å²) >= 11 is 1.14. The second-order valence-corrected chi connectivity index (χ2v) is 6.62. The fourth-order valence-corrected chi connectivity index (χ4v) is 3.36. The summed E-state index contributed by atoms with van der Waals surface area (Å²) in [6.45, 7) is 1.15. The Bertz CT molecular complexity index is 626. The van der Waals surface area contributed by atoms with Crippen LogP contribution in [0.3, 0.4) is 0 Å². The summed E-state index contributed by atoms with van der Waals surface area (Å²) in [7, 11) is -1.97. The fourth-order valence-electron chi connectivity index (χ4n) is 1.37. The molecule has 0 fully saturated rings. The molecule has 0 unspecified atom stereocenters. The lowest BCUT2D eigenvalue weighted by atomic mass is 10.5. The van der Waals surface area contributed by atoms with Crippen molar-refractivity contribution in [1.82, 2.24) is 10.2 Å². The zero-order chi connectivity index (χ0) is 14.4. The first kappa shape index (κ1) is 14.7. The number of hydrogen-bond donors (Lipinski definition) is 2. The number of hydrogen-bond acceptors (Lipinski definition) is 7. The summed E-state index contributed by atoms with van der Waals surface area (Å²) in [5.41, 5.74) is 0. The van der Waals surface area contributed by atoms with Crippen LogP contribution in [0.4, 0.5) is 11.6 Å². The van der Waals surface area contributed by atoms with Gasteiger partial charge in [-0.1, -0.05) is 6.07 Å². The maximum absolute atomic E-state index is 12.0. The van der Waals surface area contributed by atoms with Crippen molar-refractivity contribution in [3.05, 3.63) is 29.6 Å². The van der Waals surface area contributed by atoms with Gasteiger partial charge in [0.05, 0.1) is 6.61 Å². The Hall–Kier alpha value is -1.71. The molecule has 9 heteroatoms. The average molecular weight is 314 g/mol. The first-order valence-electron chi connectivity index (χ1n) is 5.75. The minimum Gasteiger partial charge on any atom is -0.383 e. The van der Waals surface area contributed by atoms with Gasteiger partial charge in [-0.2, -0.15) is 0 Å². The molecule has 2 heterocycles. The molecule has 2 N–H and O–H groups in total. The van der Waals surface area contributed by atoms with E-state index in [1.807, 2.05) is 0 Å². The van der Waals surface area contributed by atoms with Crippen molar-refractivity contribution in [1.29, 1.82) is 0 Å². The van der Waals surface area contributed by atoms with Gasteiger partial charge in [-0.15, -0.1) is 21.5 Å². The van der Waals surface area contributed by atoms with Crippen LogP contribution in [0.5, 0.6) is 0 Å². The van der Waals surface area contributed by atoms with Crippen LogP contribution in [0.1, 0.15) is 0 Å². The van der Waals surface area contributed by atoms with E-state index >= 15 is 0 Å². The maximum atomic E-state index is 12.0. The molecule has 0 saturated heterocycles. The number of rotatable bonds is 7. The number of ether oxygens (including phenoxy) is 1. The molecular weight excluding hydrogens is 300 g/mol. The van der Waals surface area contributed by atoms with Gasteiger partial charge in [0.15, 0.2) is 5.82 Å². The molecule has 0 radical (unpaired) electrons. The molecule has 2 aromatic heterocycles. The fraction of sp³-hybridized carbons (Fsp3) is 0.273. The Morgan fingerprint density at radius 1 is 1.25 bits per heavy atom. The number of thiophene rings is 1. The first-order chi connectivity index (χ1) is 9.62. The highest BCUT2D eigenvalue weighted by Gasteiger charge is 2.15. The Morgan fingerprint density at radius 3 is 2.60 bits per heavy atom. The summed E-state index contributed by atoms with van der Waals surface area (Å²) in [5.74, 6) is 0.733. The van der Waals surface area contributed by atoms with Crippen molar-refractivity contribution in [2.45, 2.75) is 4.21 Å². The minimum atomic E-state index is -3.58. The van der Waals surface area contributed by atoms with Crippen molar-refractivity contribution >= 4 is 33.0 Å². The number of nitrogens with zero attached hydrogens (tertiary/aromatic N) is 2. The maximum Gasteiger partial charge on any atom is 0.272 e. The molecule has 0 aromatic carbocycles. The highest BCUT2D eigenvalue weighted by molar-refractivity contribution is 7.94. The lowest BCUT2D eigenvalue weighted by Crippen LogP contribution is -2.14. The summed E-state index contributed by atoms with van der Waals surface area (Å²) in [4.78, 5) is 0. The summed E-state index contributed by atoms with van der Waals surface area (Å²) in [6, 6.07) is 6.40. The molecule has 0 bridgehead atoms. The van der Waals surface area contributed by atoms with E-state index in [4.69, 9.17) is 4.74 Å². The SMILES string of the molecule is COCCNc1ccc(NS(=O)(=O)c2cccs2)nn1. The molecule has 2 aromatic rings. The van der Waals surface area contributed by atoms with Crippen LogP contribution >= 0.6 is 11.3 Å². The normalized spacial score (nSPS) is 11.2. The van der Waals surface area contributed by atoms with Crippen LogP contribution in [0.2, 0.25) is 0 Å². The van der Waals surface area contributed by atoms with Crippen molar-refractivity contribution < 1.29 is 13.2 Å². The smallest absolute Gasteiger partial charge is 0.272 e. The predicted octanol–water partition coefficient (Wildman–Crippen LogP) is 1.40. The molecular formula is C11H14N4O3S2. The van der Waals surface area contributed by atoms with Crippen molar-refractivity contribution in [3.8, 4) is 0 Å². The number of methoxy groups -OCH3 is 1. The third-order valence-corrected chi connectivity index (χ3v) is 5.03. The van der Waals surface area contributed by atoms with Gasteiger partial charge in [0.25, 0.3) is 10.0 Å². The highest BCUT2D eigenvalue weighted by atomic mass is 32.2. The van der Waals surface area contributed by atoms with E-state index in [0.717, 1.165) is 11.3 Å². The van der Waals surface area contributed by atoms with E-state index in [0.29, 0.717) is 19.0 Å². The van der Waals surface area contributed by atoms with E-state index in [1.165, 1.54) is 6.07 Å². The van der Waals surface area contributed by atoms with Crippen LogP contribution in [-0.4, -0.2) is 38.9 Å². The van der Waals surface area contributed by atoms with Crippen molar-refractivity contribution in [2.24, 2.45) is 0 Å².